The number of hydrogen-bond donors (Lipinski definition) is 0. The van der Waals surface area contributed by atoms with E-state index in [0.29, 0.717) is 6.61 Å². The summed E-state index contributed by atoms with van der Waals surface area (Å²) in [5.74, 6) is 2.60. The summed E-state index contributed by atoms with van der Waals surface area (Å²) >= 11 is 1.65. The van der Waals surface area contributed by atoms with Crippen molar-refractivity contribution in [3.8, 4) is 17.1 Å². The quantitative estimate of drug-likeness (QED) is 0.403. The molecule has 1 aromatic heterocycles. The van der Waals surface area contributed by atoms with Crippen LogP contribution in [0.5, 0.6) is 5.75 Å². The van der Waals surface area contributed by atoms with Crippen molar-refractivity contribution in [2.24, 2.45) is 7.05 Å². The lowest BCUT2D eigenvalue weighted by molar-refractivity contribution is 0.344. The average molecular weight is 383 g/mol. The van der Waals surface area contributed by atoms with Crippen molar-refractivity contribution in [3.05, 3.63) is 54.6 Å². The highest BCUT2D eigenvalue weighted by Gasteiger charge is 2.12. The van der Waals surface area contributed by atoms with E-state index in [-0.39, 0.29) is 0 Å². The SMILES string of the molecule is CCN(CC)c1ccc(-c2nnc(SCCOc3ccccc3)n2C)cc1. The van der Waals surface area contributed by atoms with Crippen molar-refractivity contribution in [3.63, 3.8) is 0 Å². The summed E-state index contributed by atoms with van der Waals surface area (Å²) < 4.78 is 7.77. The molecule has 0 amide bonds. The minimum Gasteiger partial charge on any atom is -0.493 e. The molecule has 0 atom stereocenters. The predicted molar refractivity (Wildman–Crippen MR) is 113 cm³/mol. The molecule has 0 radical (unpaired) electrons. The zero-order valence-corrected chi connectivity index (χ0v) is 16.9. The molecule has 0 saturated heterocycles. The van der Waals surface area contributed by atoms with Gasteiger partial charge in [-0.25, -0.2) is 0 Å². The maximum atomic E-state index is 5.73. The van der Waals surface area contributed by atoms with Crippen LogP contribution in [0.1, 0.15) is 13.8 Å². The normalized spacial score (nSPS) is 10.8. The number of ether oxygens (including phenoxy) is 1. The summed E-state index contributed by atoms with van der Waals surface area (Å²) in [5.41, 5.74) is 2.31. The molecule has 0 spiro atoms. The summed E-state index contributed by atoms with van der Waals surface area (Å²) in [5, 5.41) is 9.61. The van der Waals surface area contributed by atoms with E-state index in [1.54, 1.807) is 11.8 Å². The van der Waals surface area contributed by atoms with Crippen molar-refractivity contribution >= 4 is 17.4 Å². The Balaban J connectivity index is 1.59. The molecule has 5 nitrogen and oxygen atoms in total. The first-order valence-corrected chi connectivity index (χ1v) is 10.3. The Morgan fingerprint density at radius 3 is 2.33 bits per heavy atom. The maximum absolute atomic E-state index is 5.73. The molecule has 3 rings (SSSR count). The van der Waals surface area contributed by atoms with E-state index >= 15 is 0 Å². The second-order valence-electron chi connectivity index (χ2n) is 6.09. The highest BCUT2D eigenvalue weighted by atomic mass is 32.2. The van der Waals surface area contributed by atoms with Gasteiger partial charge in [0.25, 0.3) is 0 Å². The lowest BCUT2D eigenvalue weighted by atomic mass is 10.2. The fourth-order valence-electron chi connectivity index (χ4n) is 2.91. The zero-order valence-electron chi connectivity index (χ0n) is 16.1. The predicted octanol–water partition coefficient (Wildman–Crippen LogP) is 4.50. The Bertz CT molecular complexity index is 829. The van der Waals surface area contributed by atoms with Crippen LogP contribution in [0.2, 0.25) is 0 Å². The van der Waals surface area contributed by atoms with Gasteiger partial charge in [0.05, 0.1) is 6.61 Å². The number of rotatable bonds is 9. The maximum Gasteiger partial charge on any atom is 0.191 e. The molecule has 1 heterocycles. The van der Waals surface area contributed by atoms with E-state index in [1.807, 2.05) is 41.9 Å². The van der Waals surface area contributed by atoms with Crippen LogP contribution in [0.25, 0.3) is 11.4 Å². The smallest absolute Gasteiger partial charge is 0.191 e. The zero-order chi connectivity index (χ0) is 19.1. The molecular weight excluding hydrogens is 356 g/mol. The summed E-state index contributed by atoms with van der Waals surface area (Å²) in [6, 6.07) is 18.4. The molecule has 0 saturated carbocycles. The lowest BCUT2D eigenvalue weighted by Gasteiger charge is -2.21. The summed E-state index contributed by atoms with van der Waals surface area (Å²) in [6.07, 6.45) is 0. The number of nitrogens with zero attached hydrogens (tertiary/aromatic N) is 4. The number of para-hydroxylation sites is 1. The van der Waals surface area contributed by atoms with Gasteiger partial charge in [0.15, 0.2) is 11.0 Å². The average Bonchev–Trinajstić information content (AvgIpc) is 3.08. The first kappa shape index (κ1) is 19.3. The second kappa shape index (κ2) is 9.46. The van der Waals surface area contributed by atoms with Gasteiger partial charge in [0, 0.05) is 37.1 Å². The van der Waals surface area contributed by atoms with E-state index in [4.69, 9.17) is 4.74 Å². The number of thioether (sulfide) groups is 1. The Kier molecular flexibility index (Phi) is 6.76. The van der Waals surface area contributed by atoms with Crippen LogP contribution in [0.15, 0.2) is 59.8 Å². The van der Waals surface area contributed by atoms with Crippen molar-refractivity contribution in [1.82, 2.24) is 14.8 Å². The molecule has 0 unspecified atom stereocenters. The van der Waals surface area contributed by atoms with E-state index < -0.39 is 0 Å². The van der Waals surface area contributed by atoms with Gasteiger partial charge < -0.3 is 14.2 Å². The van der Waals surface area contributed by atoms with Crippen molar-refractivity contribution in [1.29, 1.82) is 0 Å². The third kappa shape index (κ3) is 4.83. The van der Waals surface area contributed by atoms with E-state index in [9.17, 15) is 0 Å². The van der Waals surface area contributed by atoms with Gasteiger partial charge in [-0.1, -0.05) is 30.0 Å². The van der Waals surface area contributed by atoms with Crippen LogP contribution in [0.4, 0.5) is 5.69 Å². The van der Waals surface area contributed by atoms with Crippen LogP contribution in [0, 0.1) is 0 Å². The molecule has 0 aliphatic heterocycles. The fourth-order valence-corrected chi connectivity index (χ4v) is 3.64. The monoisotopic (exact) mass is 382 g/mol. The number of aromatic nitrogens is 3. The van der Waals surface area contributed by atoms with Crippen LogP contribution in [0.3, 0.4) is 0 Å². The highest BCUT2D eigenvalue weighted by Crippen LogP contribution is 2.25. The first-order valence-electron chi connectivity index (χ1n) is 9.28. The molecular formula is C21H26N4OS. The van der Waals surface area contributed by atoms with Gasteiger partial charge >= 0.3 is 0 Å². The van der Waals surface area contributed by atoms with Gasteiger partial charge in [-0.05, 0) is 50.2 Å². The summed E-state index contributed by atoms with van der Waals surface area (Å²) in [4.78, 5) is 2.33. The second-order valence-corrected chi connectivity index (χ2v) is 7.16. The van der Waals surface area contributed by atoms with E-state index in [1.165, 1.54) is 5.69 Å². The molecule has 0 fully saturated rings. The Morgan fingerprint density at radius 1 is 0.963 bits per heavy atom. The summed E-state index contributed by atoms with van der Waals surface area (Å²) in [6.45, 7) is 6.99. The van der Waals surface area contributed by atoms with Crippen molar-refractivity contribution < 1.29 is 4.74 Å². The first-order chi connectivity index (χ1) is 13.2. The van der Waals surface area contributed by atoms with E-state index in [0.717, 1.165) is 41.1 Å². The molecule has 0 aliphatic rings. The molecule has 2 aromatic carbocycles. The minimum absolute atomic E-state index is 0.634. The standard InChI is InChI=1S/C21H26N4OS/c1-4-25(5-2)18-13-11-17(12-14-18)20-22-23-21(24(20)3)27-16-15-26-19-9-7-6-8-10-19/h6-14H,4-5,15-16H2,1-3H3. The van der Waals surface area contributed by atoms with Crippen molar-refractivity contribution in [2.75, 3.05) is 30.3 Å². The van der Waals surface area contributed by atoms with Crippen LogP contribution >= 0.6 is 11.8 Å². The van der Waals surface area contributed by atoms with Crippen LogP contribution < -0.4 is 9.64 Å². The van der Waals surface area contributed by atoms with Crippen molar-refractivity contribution in [2.45, 2.75) is 19.0 Å². The number of hydrogen-bond acceptors (Lipinski definition) is 5. The Hall–Kier alpha value is -2.47. The number of anilines is 1. The van der Waals surface area contributed by atoms with Gasteiger partial charge in [-0.15, -0.1) is 10.2 Å². The molecule has 142 valence electrons. The minimum atomic E-state index is 0.634. The van der Waals surface area contributed by atoms with Gasteiger partial charge in [-0.3, -0.25) is 0 Å². The third-order valence-corrected chi connectivity index (χ3v) is 5.40. The lowest BCUT2D eigenvalue weighted by Crippen LogP contribution is -2.21. The van der Waals surface area contributed by atoms with Crippen LogP contribution in [-0.4, -0.2) is 40.2 Å². The molecule has 3 aromatic rings. The van der Waals surface area contributed by atoms with E-state index in [2.05, 4.69) is 53.2 Å². The fraction of sp³-hybridized carbons (Fsp3) is 0.333. The third-order valence-electron chi connectivity index (χ3n) is 4.42. The molecule has 0 N–H and O–H groups in total. The topological polar surface area (TPSA) is 43.2 Å². The molecule has 0 bridgehead atoms. The van der Waals surface area contributed by atoms with Gasteiger partial charge in [0.1, 0.15) is 5.75 Å². The van der Waals surface area contributed by atoms with Gasteiger partial charge in [-0.2, -0.15) is 0 Å². The summed E-state index contributed by atoms with van der Waals surface area (Å²) in [7, 11) is 2.01. The molecule has 0 aliphatic carbocycles. The van der Waals surface area contributed by atoms with Gasteiger partial charge in [0.2, 0.25) is 0 Å². The van der Waals surface area contributed by atoms with Crippen LogP contribution in [-0.2, 0) is 7.05 Å². The molecule has 6 heteroatoms. The highest BCUT2D eigenvalue weighted by molar-refractivity contribution is 7.99. The largest absolute Gasteiger partial charge is 0.493 e. The Labute approximate surface area is 165 Å². The molecule has 27 heavy (non-hydrogen) atoms. The number of benzene rings is 2. The Morgan fingerprint density at radius 2 is 1.67 bits per heavy atom.